The summed E-state index contributed by atoms with van der Waals surface area (Å²) in [5.74, 6) is 5.22. The molecule has 744 valence electrons. The molecule has 0 radical (unpaired) electrons. The Morgan fingerprint density at radius 2 is 0.636 bits per heavy atom. The van der Waals surface area contributed by atoms with Crippen LogP contribution in [0.3, 0.4) is 0 Å². The number of aromatic nitrogens is 12. The number of pyridine rings is 4. The third kappa shape index (κ3) is 21.0. The molecule has 12 heterocycles. The number of likely N-dealkylation sites (N-methyl/N-ethyl adjacent to an activating group) is 3. The van der Waals surface area contributed by atoms with Crippen molar-refractivity contribution in [1.82, 2.24) is 83.1 Å². The molecule has 9 N–H and O–H groups in total. The molecule has 24 rings (SSSR count). The van der Waals surface area contributed by atoms with Crippen LogP contribution in [-0.4, -0.2) is 273 Å². The lowest BCUT2D eigenvalue weighted by atomic mass is 9.92. The number of aliphatic hydroxyl groups excluding tert-OH is 4. The number of hydrogen-bond acceptors (Lipinski definition) is 28. The molecule has 12 aromatic rings. The Hall–Kier alpha value is -10.7. The molecular weight excluding hydrogens is 1760 g/mol. The van der Waals surface area contributed by atoms with Crippen molar-refractivity contribution in [1.29, 1.82) is 0 Å². The van der Waals surface area contributed by atoms with E-state index >= 15 is 0 Å². The molecular formula is C108H144N24O8. The van der Waals surface area contributed by atoms with Crippen molar-refractivity contribution in [2.24, 2.45) is 23.7 Å². The van der Waals surface area contributed by atoms with Gasteiger partial charge >= 0.3 is 0 Å². The van der Waals surface area contributed by atoms with Crippen molar-refractivity contribution < 1.29 is 20.4 Å². The number of fused-ring (bicyclic) bond motifs is 12. The van der Waals surface area contributed by atoms with Gasteiger partial charge in [0.15, 0.2) is 0 Å². The van der Waals surface area contributed by atoms with Crippen LogP contribution in [0.25, 0.3) is 87.2 Å². The van der Waals surface area contributed by atoms with Gasteiger partial charge in [-0.15, -0.1) is 0 Å². The maximum Gasteiger partial charge on any atom is 0.260 e. The monoisotopic (exact) mass is 1910 g/mol. The fraction of sp³-hybridized carbons (Fsp3) is 0.593. The van der Waals surface area contributed by atoms with E-state index in [1.807, 2.05) is 43.1 Å². The Kier molecular flexibility index (Phi) is 28.2. The number of benzene rings is 4. The van der Waals surface area contributed by atoms with Crippen LogP contribution >= 0.6 is 0 Å². The van der Waals surface area contributed by atoms with Crippen LogP contribution in [0, 0.1) is 23.7 Å². The number of rotatable bonds is 21. The minimum atomic E-state index is -0.276. The Labute approximate surface area is 818 Å². The molecule has 32 heteroatoms. The van der Waals surface area contributed by atoms with Gasteiger partial charge in [0.2, 0.25) is 23.8 Å². The minimum Gasteiger partial charge on any atom is -0.393 e. The van der Waals surface area contributed by atoms with Gasteiger partial charge in [-0.2, -0.15) is 19.9 Å². The molecule has 0 amide bonds. The summed E-state index contributed by atoms with van der Waals surface area (Å²) >= 11 is 0. The molecule has 0 spiro atoms. The van der Waals surface area contributed by atoms with Crippen molar-refractivity contribution in [3.8, 4) is 0 Å². The van der Waals surface area contributed by atoms with Gasteiger partial charge in [-0.05, 0) is 296 Å². The van der Waals surface area contributed by atoms with E-state index in [9.17, 15) is 39.6 Å². The normalized spacial score (nSPS) is 25.9. The van der Waals surface area contributed by atoms with E-state index in [1.165, 1.54) is 56.9 Å². The first-order chi connectivity index (χ1) is 68.0. The number of hydrogen-bond donors (Lipinski definition) is 9. The highest BCUT2D eigenvalue weighted by Crippen LogP contribution is 2.42. The van der Waals surface area contributed by atoms with E-state index in [0.717, 1.165) is 270 Å². The predicted octanol–water partition coefficient (Wildman–Crippen LogP) is 13.2. The number of piperazine rings is 4. The average Bonchev–Trinajstić information content (AvgIpc) is 1.73. The molecule has 4 aromatic carbocycles. The predicted molar refractivity (Wildman–Crippen MR) is 560 cm³/mol. The van der Waals surface area contributed by atoms with E-state index in [2.05, 4.69) is 202 Å². The second-order valence-corrected chi connectivity index (χ2v) is 43.5. The molecule has 8 saturated carbocycles. The molecule has 4 saturated heterocycles. The van der Waals surface area contributed by atoms with Gasteiger partial charge in [-0.1, -0.05) is 30.3 Å². The van der Waals surface area contributed by atoms with E-state index < -0.39 is 0 Å². The molecule has 0 unspecified atom stereocenters. The summed E-state index contributed by atoms with van der Waals surface area (Å²) in [6, 6.07) is 27.1. The maximum atomic E-state index is 14.1. The largest absolute Gasteiger partial charge is 0.393 e. The minimum absolute atomic E-state index is 0.0161. The Morgan fingerprint density at radius 1 is 0.314 bits per heavy atom. The topological polar surface area (TPSA) is 355 Å². The molecule has 12 fully saturated rings. The second kappa shape index (κ2) is 41.3. The van der Waals surface area contributed by atoms with Gasteiger partial charge < -0.3 is 71.5 Å². The van der Waals surface area contributed by atoms with Gasteiger partial charge in [0.1, 0.15) is 22.6 Å². The van der Waals surface area contributed by atoms with E-state index in [1.54, 1.807) is 0 Å². The lowest BCUT2D eigenvalue weighted by Gasteiger charge is -2.44. The number of nitrogens with zero attached hydrogens (tertiary/aromatic N) is 19. The quantitative estimate of drug-likeness (QED) is 0.0302. The van der Waals surface area contributed by atoms with Crippen LogP contribution < -0.4 is 63.5 Å². The first-order valence-electron chi connectivity index (χ1n) is 52.9. The molecule has 8 aliphatic carbocycles. The van der Waals surface area contributed by atoms with Crippen molar-refractivity contribution in [2.75, 3.05) is 162 Å². The van der Waals surface area contributed by atoms with Crippen LogP contribution in [-0.2, 0) is 6.54 Å². The zero-order valence-electron chi connectivity index (χ0n) is 82.9. The fourth-order valence-corrected chi connectivity index (χ4v) is 23.0. The Bertz CT molecular complexity index is 6760. The third-order valence-electron chi connectivity index (χ3n) is 33.0. The summed E-state index contributed by atoms with van der Waals surface area (Å²) in [6.07, 6.45) is 28.5. The Morgan fingerprint density at radius 3 is 0.993 bits per heavy atom. The zero-order valence-corrected chi connectivity index (χ0v) is 82.9. The summed E-state index contributed by atoms with van der Waals surface area (Å²) in [5, 5.41) is 67.5. The van der Waals surface area contributed by atoms with Crippen LogP contribution in [0.15, 0.2) is 117 Å². The molecule has 12 aliphatic rings. The van der Waals surface area contributed by atoms with Crippen molar-refractivity contribution in [2.45, 2.75) is 261 Å². The van der Waals surface area contributed by atoms with Gasteiger partial charge in [0, 0.05) is 228 Å². The molecule has 8 aromatic heterocycles. The Balaban J connectivity index is 0.000000111. The fourth-order valence-electron chi connectivity index (χ4n) is 23.0. The molecule has 32 nitrogen and oxygen atoms in total. The van der Waals surface area contributed by atoms with Crippen LogP contribution in [0.2, 0.25) is 0 Å². The third-order valence-corrected chi connectivity index (χ3v) is 33.0. The molecule has 140 heavy (non-hydrogen) atoms. The van der Waals surface area contributed by atoms with Crippen LogP contribution in [0.5, 0.6) is 0 Å². The van der Waals surface area contributed by atoms with Crippen LogP contribution in [0.1, 0.15) is 212 Å². The molecule has 0 bridgehead atoms. The number of aliphatic hydroxyl groups is 4. The number of nitrogens with one attached hydrogen (secondary N) is 5. The van der Waals surface area contributed by atoms with Gasteiger partial charge in [-0.3, -0.25) is 47.2 Å². The SMILES string of the molecule is C[C@@H]1CN(Cc2ccc3c(c2)c(=O)n(C2CCC(O)CC2)c2nc(NCC4CC4)ncc32)CCN1C.C[C@@H]1CN(c2ccc3c(c2)c(=O)n(C2CCC(O)CC2)c2nc(NCC4CC4)ncc32)CCN1C.C[C@@H]1CN(c2ccc3c(c2)c(=O)n(C2CCC(O)CC2)c2nc(NCC4CC4)ncc32)[C@@H](C)CN1C.O=c1c2cc(N3CCNCC3)ccc2c2cnc(NCC3CC3)nc2n1C1CCC(O)CC1. The maximum absolute atomic E-state index is 14.1. The van der Waals surface area contributed by atoms with Gasteiger partial charge in [-0.25, -0.2) is 19.9 Å². The summed E-state index contributed by atoms with van der Waals surface area (Å²) < 4.78 is 7.63. The second-order valence-electron chi connectivity index (χ2n) is 43.5. The smallest absolute Gasteiger partial charge is 0.260 e. The van der Waals surface area contributed by atoms with Crippen molar-refractivity contribution in [3.05, 3.63) is 145 Å². The first kappa shape index (κ1) is 95.5. The van der Waals surface area contributed by atoms with Gasteiger partial charge in [0.05, 0.1) is 40.6 Å². The molecule has 4 aliphatic heterocycles. The van der Waals surface area contributed by atoms with E-state index in [4.69, 9.17) is 19.9 Å². The molecule has 4 atom stereocenters. The van der Waals surface area contributed by atoms with Crippen LogP contribution in [0.4, 0.5) is 40.9 Å². The lowest BCUT2D eigenvalue weighted by Crippen LogP contribution is -2.55. The summed E-state index contributed by atoms with van der Waals surface area (Å²) in [6.45, 7) is 25.2. The highest BCUT2D eigenvalue weighted by atomic mass is 16.3. The van der Waals surface area contributed by atoms with E-state index in [-0.39, 0.29) is 70.8 Å². The highest BCUT2D eigenvalue weighted by molar-refractivity contribution is 6.08. The first-order valence-corrected chi connectivity index (χ1v) is 52.9. The summed E-state index contributed by atoms with van der Waals surface area (Å²) in [4.78, 5) is 111. The van der Waals surface area contributed by atoms with Gasteiger partial charge in [0.25, 0.3) is 22.2 Å². The summed E-state index contributed by atoms with van der Waals surface area (Å²) in [5.41, 5.74) is 7.37. The zero-order chi connectivity index (χ0) is 96.3. The standard InChI is InChI=1S/2C28H38N6O2.C27H36N6O2.C25H32N6O2/c1-17-16-33(18(2)15-32(17)3)21-8-11-23-24(12-21)27(36)34(20-6-9-22(35)10-7-20)26-25(23)14-30-28(31-26)29-13-19-4-5-19;1-18-16-33(12-11-32(18)2)17-20-5-10-23-24(13-20)27(36)34(21-6-8-22(35)9-7-21)26-25(23)15-30-28(31-26)29-14-19-3-4-19;1-17-16-32(12-11-31(17)2)20-7-10-22-23(13-20)26(35)33(19-5-8-21(34)9-6-19)25-24(22)15-29-27(30-25)28-14-18-3-4-18;32-19-6-3-17(4-7-19)31-23-22(15-28-25(29-23)27-14-16-1-2-16)20-8-5-18(13-21(20)24(31)33)30-11-9-26-10-12-30/h8,11-12,14,17-20,22,35H,4-7,9-10,13,15-16H2,1-3H3,(H,29,30,31);5,10,13,15,18-19,21-22,35H,3-4,6-9,11-12,14,16-17H2,1-2H3,(H,29,30,31);7,10,13,15,17-19,21,34H,3-6,8-9,11-12,14,16H2,1-2H3,(H,28,29,30);5,8,13,15-17,19,26,32H,1-4,6-7,9-12,14H2,(H,27,28,29)/t17-,18+,20?,22?;18-,21?,22?;17-,19?,21?;/m111./s1. The van der Waals surface area contributed by atoms with Crippen molar-refractivity contribution >= 4 is 128 Å². The van der Waals surface area contributed by atoms with Crippen molar-refractivity contribution in [3.63, 3.8) is 0 Å². The van der Waals surface area contributed by atoms with E-state index in [0.29, 0.717) is 120 Å². The summed E-state index contributed by atoms with van der Waals surface area (Å²) in [7, 11) is 6.53. The number of anilines is 7. The highest BCUT2D eigenvalue weighted by Gasteiger charge is 2.36. The average molecular weight is 1910 g/mol. The lowest BCUT2D eigenvalue weighted by molar-refractivity contribution is 0.100.